The summed E-state index contributed by atoms with van der Waals surface area (Å²) >= 11 is 1.76. The second-order valence-corrected chi connectivity index (χ2v) is 9.25. The summed E-state index contributed by atoms with van der Waals surface area (Å²) in [6.45, 7) is 3.07. The minimum absolute atomic E-state index is 0.170. The second kappa shape index (κ2) is 8.87. The quantitative estimate of drug-likeness (QED) is 0.747. The highest BCUT2D eigenvalue weighted by Gasteiger charge is 2.34. The van der Waals surface area contributed by atoms with Gasteiger partial charge in [0.15, 0.2) is 0 Å². The first-order valence-corrected chi connectivity index (χ1v) is 11.3. The van der Waals surface area contributed by atoms with Gasteiger partial charge in [-0.05, 0) is 25.3 Å². The van der Waals surface area contributed by atoms with Crippen molar-refractivity contribution in [3.05, 3.63) is 35.4 Å². The number of carbonyl (C=O) groups excluding carboxylic acids is 1. The maximum absolute atomic E-state index is 12.3. The van der Waals surface area contributed by atoms with Crippen molar-refractivity contribution in [2.45, 2.75) is 38.0 Å². The van der Waals surface area contributed by atoms with Gasteiger partial charge >= 0.3 is 0 Å². The Kier molecular flexibility index (Phi) is 7.13. The molecule has 24 heavy (non-hydrogen) atoms. The number of benzene rings is 1. The summed E-state index contributed by atoms with van der Waals surface area (Å²) in [5.74, 6) is 1.55. The lowest BCUT2D eigenvalue weighted by molar-refractivity contribution is -0.125. The number of thioether (sulfide) groups is 1. The molecule has 1 N–H and O–H groups in total. The molecule has 1 heterocycles. The molecule has 1 atom stereocenters. The van der Waals surface area contributed by atoms with Crippen LogP contribution < -0.4 is 5.32 Å². The SMILES string of the molecule is Cc1ccc(CSCCNC(=O)C2CCCCN2S(C)(=O)=O)cc1. The minimum Gasteiger partial charge on any atom is -0.354 e. The number of carbonyl (C=O) groups is 1. The summed E-state index contributed by atoms with van der Waals surface area (Å²) in [7, 11) is -3.33. The first-order chi connectivity index (χ1) is 11.4. The van der Waals surface area contributed by atoms with E-state index in [0.717, 1.165) is 24.3 Å². The number of sulfonamides is 1. The first kappa shape index (κ1) is 19.3. The Labute approximate surface area is 149 Å². The van der Waals surface area contributed by atoms with Crippen LogP contribution in [0.3, 0.4) is 0 Å². The normalized spacial score (nSPS) is 19.2. The van der Waals surface area contributed by atoms with Crippen molar-refractivity contribution >= 4 is 27.7 Å². The monoisotopic (exact) mass is 370 g/mol. The van der Waals surface area contributed by atoms with Crippen LogP contribution in [0.2, 0.25) is 0 Å². The van der Waals surface area contributed by atoms with Crippen LogP contribution in [0.5, 0.6) is 0 Å². The third kappa shape index (κ3) is 5.79. The topological polar surface area (TPSA) is 66.5 Å². The molecule has 0 aliphatic carbocycles. The molecule has 1 unspecified atom stereocenters. The Bertz CT molecular complexity index is 644. The van der Waals surface area contributed by atoms with Gasteiger partial charge in [0.05, 0.1) is 6.26 Å². The van der Waals surface area contributed by atoms with Crippen LogP contribution in [0.4, 0.5) is 0 Å². The van der Waals surface area contributed by atoms with Gasteiger partial charge in [0.1, 0.15) is 6.04 Å². The van der Waals surface area contributed by atoms with E-state index in [4.69, 9.17) is 0 Å². The molecule has 0 radical (unpaired) electrons. The highest BCUT2D eigenvalue weighted by Crippen LogP contribution is 2.20. The molecule has 0 saturated carbocycles. The highest BCUT2D eigenvalue weighted by molar-refractivity contribution is 7.98. The van der Waals surface area contributed by atoms with Crippen LogP contribution in [-0.2, 0) is 20.6 Å². The molecule has 2 rings (SSSR count). The molecule has 7 heteroatoms. The van der Waals surface area contributed by atoms with E-state index in [-0.39, 0.29) is 5.91 Å². The third-order valence-electron chi connectivity index (χ3n) is 4.12. The van der Waals surface area contributed by atoms with Crippen molar-refractivity contribution in [2.24, 2.45) is 0 Å². The van der Waals surface area contributed by atoms with Gasteiger partial charge in [-0.25, -0.2) is 8.42 Å². The first-order valence-electron chi connectivity index (χ1n) is 8.26. The molecule has 0 aromatic heterocycles. The Morgan fingerprint density at radius 1 is 1.29 bits per heavy atom. The summed E-state index contributed by atoms with van der Waals surface area (Å²) in [5, 5.41) is 2.88. The molecule has 1 aromatic rings. The molecule has 134 valence electrons. The molecular formula is C17H26N2O3S2. The fraction of sp³-hybridized carbons (Fsp3) is 0.588. The Hall–Kier alpha value is -1.05. The number of nitrogens with one attached hydrogen (secondary N) is 1. The van der Waals surface area contributed by atoms with Gasteiger partial charge in [-0.3, -0.25) is 4.79 Å². The molecule has 1 aliphatic rings. The van der Waals surface area contributed by atoms with Gasteiger partial charge in [-0.1, -0.05) is 36.2 Å². The van der Waals surface area contributed by atoms with E-state index < -0.39 is 16.1 Å². The zero-order chi connectivity index (χ0) is 17.6. The lowest BCUT2D eigenvalue weighted by atomic mass is 10.0. The van der Waals surface area contributed by atoms with E-state index in [0.29, 0.717) is 19.5 Å². The zero-order valence-corrected chi connectivity index (χ0v) is 16.0. The summed E-state index contributed by atoms with van der Waals surface area (Å²) in [6, 6.07) is 7.89. The van der Waals surface area contributed by atoms with Crippen LogP contribution in [0.15, 0.2) is 24.3 Å². The van der Waals surface area contributed by atoms with Gasteiger partial charge in [0.2, 0.25) is 15.9 Å². The zero-order valence-electron chi connectivity index (χ0n) is 14.3. The number of nitrogens with zero attached hydrogens (tertiary/aromatic N) is 1. The molecule has 0 spiro atoms. The van der Waals surface area contributed by atoms with E-state index in [1.807, 2.05) is 0 Å². The smallest absolute Gasteiger partial charge is 0.238 e. The maximum Gasteiger partial charge on any atom is 0.238 e. The average molecular weight is 371 g/mol. The molecule has 1 amide bonds. The van der Waals surface area contributed by atoms with Crippen LogP contribution >= 0.6 is 11.8 Å². The lowest BCUT2D eigenvalue weighted by Crippen LogP contribution is -2.51. The fourth-order valence-electron chi connectivity index (χ4n) is 2.80. The maximum atomic E-state index is 12.3. The van der Waals surface area contributed by atoms with E-state index in [2.05, 4.69) is 36.5 Å². The van der Waals surface area contributed by atoms with Crippen LogP contribution in [0.1, 0.15) is 30.4 Å². The van der Waals surface area contributed by atoms with E-state index in [9.17, 15) is 13.2 Å². The molecule has 1 aromatic carbocycles. The van der Waals surface area contributed by atoms with Gasteiger partial charge in [-0.2, -0.15) is 16.1 Å². The molecule has 1 fully saturated rings. The van der Waals surface area contributed by atoms with E-state index >= 15 is 0 Å². The average Bonchev–Trinajstić information content (AvgIpc) is 2.55. The van der Waals surface area contributed by atoms with Crippen molar-refractivity contribution in [3.63, 3.8) is 0 Å². The van der Waals surface area contributed by atoms with Gasteiger partial charge in [0.25, 0.3) is 0 Å². The van der Waals surface area contributed by atoms with Gasteiger partial charge in [-0.15, -0.1) is 0 Å². The van der Waals surface area contributed by atoms with E-state index in [1.165, 1.54) is 21.7 Å². The van der Waals surface area contributed by atoms with Crippen molar-refractivity contribution in [1.29, 1.82) is 0 Å². The largest absolute Gasteiger partial charge is 0.354 e. The number of hydrogen-bond acceptors (Lipinski definition) is 4. The molecule has 1 aliphatic heterocycles. The lowest BCUT2D eigenvalue weighted by Gasteiger charge is -2.32. The molecule has 1 saturated heterocycles. The van der Waals surface area contributed by atoms with E-state index in [1.54, 1.807) is 11.8 Å². The Morgan fingerprint density at radius 3 is 2.67 bits per heavy atom. The van der Waals surface area contributed by atoms with Crippen molar-refractivity contribution < 1.29 is 13.2 Å². The summed E-state index contributed by atoms with van der Waals surface area (Å²) in [5.41, 5.74) is 2.52. The standard InChI is InChI=1S/C17H26N2O3S2/c1-14-6-8-15(9-7-14)13-23-12-10-18-17(20)16-5-3-4-11-19(16)24(2,21)22/h6-9,16H,3-5,10-13H2,1-2H3,(H,18,20). The number of rotatable bonds is 7. The Balaban J connectivity index is 1.73. The third-order valence-corrected chi connectivity index (χ3v) is 6.44. The summed E-state index contributed by atoms with van der Waals surface area (Å²) in [6.07, 6.45) is 3.50. The highest BCUT2D eigenvalue weighted by atomic mass is 32.2. The van der Waals surface area contributed by atoms with Crippen LogP contribution in [-0.4, -0.2) is 49.8 Å². The van der Waals surface area contributed by atoms with Crippen LogP contribution in [0.25, 0.3) is 0 Å². The van der Waals surface area contributed by atoms with Crippen molar-refractivity contribution in [1.82, 2.24) is 9.62 Å². The summed E-state index contributed by atoms with van der Waals surface area (Å²) in [4.78, 5) is 12.3. The fourth-order valence-corrected chi connectivity index (χ4v) is 4.75. The number of piperidine rings is 1. The van der Waals surface area contributed by atoms with Crippen molar-refractivity contribution in [3.8, 4) is 0 Å². The summed E-state index contributed by atoms with van der Waals surface area (Å²) < 4.78 is 24.9. The van der Waals surface area contributed by atoms with Crippen molar-refractivity contribution in [2.75, 3.05) is 25.1 Å². The number of amides is 1. The second-order valence-electron chi connectivity index (χ2n) is 6.21. The number of hydrogen-bond donors (Lipinski definition) is 1. The van der Waals surface area contributed by atoms with Gasteiger partial charge in [0, 0.05) is 24.6 Å². The molecule has 5 nitrogen and oxygen atoms in total. The predicted molar refractivity (Wildman–Crippen MR) is 99.5 cm³/mol. The molecular weight excluding hydrogens is 344 g/mol. The molecule has 0 bridgehead atoms. The Morgan fingerprint density at radius 2 is 2.00 bits per heavy atom. The van der Waals surface area contributed by atoms with Crippen LogP contribution in [0, 0.1) is 6.92 Å². The minimum atomic E-state index is -3.33. The number of aryl methyl sites for hydroxylation is 1. The predicted octanol–water partition coefficient (Wildman–Crippen LogP) is 2.16. The van der Waals surface area contributed by atoms with Gasteiger partial charge < -0.3 is 5.32 Å².